The Morgan fingerprint density at radius 3 is 3.20 bits per heavy atom. The third-order valence-electron chi connectivity index (χ3n) is 3.26. The van der Waals surface area contributed by atoms with Crippen LogP contribution in [0.4, 0.5) is 0 Å². The van der Waals surface area contributed by atoms with E-state index in [9.17, 15) is 0 Å². The predicted octanol–water partition coefficient (Wildman–Crippen LogP) is 3.38. The average Bonchev–Trinajstić information content (AvgIpc) is 2.70. The van der Waals surface area contributed by atoms with Crippen molar-refractivity contribution in [2.45, 2.75) is 32.2 Å². The van der Waals surface area contributed by atoms with Crippen LogP contribution in [-0.4, -0.2) is 23.7 Å². The van der Waals surface area contributed by atoms with Crippen LogP contribution in [0, 0.1) is 0 Å². The van der Waals surface area contributed by atoms with Gasteiger partial charge < -0.3 is 0 Å². The molecule has 0 radical (unpaired) electrons. The number of thiophene rings is 1. The van der Waals surface area contributed by atoms with Crippen LogP contribution in [-0.2, 0) is 6.42 Å². The molecule has 0 aliphatic carbocycles. The predicted molar refractivity (Wildman–Crippen MR) is 71.1 cm³/mol. The molecular weight excluding hydrogens is 222 g/mol. The van der Waals surface area contributed by atoms with E-state index in [0.717, 1.165) is 5.75 Å². The molecule has 3 heteroatoms. The molecule has 0 spiro atoms. The van der Waals surface area contributed by atoms with Crippen LogP contribution in [0.5, 0.6) is 0 Å². The molecule has 1 aromatic rings. The Hall–Kier alpha value is 0.01000. The van der Waals surface area contributed by atoms with Gasteiger partial charge in [-0.15, -0.1) is 11.3 Å². The monoisotopic (exact) mass is 241 g/mol. The zero-order chi connectivity index (χ0) is 10.7. The molecule has 1 atom stereocenters. The number of hydrogen-bond acceptors (Lipinski definition) is 3. The minimum absolute atomic E-state index is 0.625. The first-order valence-corrected chi connectivity index (χ1v) is 7.25. The van der Waals surface area contributed by atoms with Gasteiger partial charge in [0.25, 0.3) is 0 Å². The van der Waals surface area contributed by atoms with Gasteiger partial charge in [-0.05, 0) is 55.5 Å². The third kappa shape index (κ3) is 2.58. The van der Waals surface area contributed by atoms with Crippen molar-refractivity contribution in [3.05, 3.63) is 21.9 Å². The minimum Gasteiger partial charge on any atom is -0.296 e. The summed E-state index contributed by atoms with van der Waals surface area (Å²) in [7, 11) is 0. The topological polar surface area (TPSA) is 3.24 Å². The molecule has 0 saturated carbocycles. The van der Waals surface area contributed by atoms with Crippen molar-refractivity contribution in [2.75, 3.05) is 18.8 Å². The summed E-state index contributed by atoms with van der Waals surface area (Å²) < 4.78 is 0. The fourth-order valence-corrected chi connectivity index (χ4v) is 3.48. The fourth-order valence-electron chi connectivity index (χ4n) is 2.29. The molecule has 1 aliphatic heterocycles. The van der Waals surface area contributed by atoms with Gasteiger partial charge in [-0.3, -0.25) is 4.90 Å². The average molecular weight is 241 g/mol. The normalized spacial score (nSPS) is 21.6. The third-order valence-corrected chi connectivity index (χ3v) is 4.57. The Morgan fingerprint density at radius 2 is 2.40 bits per heavy atom. The second-order valence-electron chi connectivity index (χ2n) is 4.19. The number of hydrogen-bond donors (Lipinski definition) is 1. The summed E-state index contributed by atoms with van der Waals surface area (Å²) in [4.78, 5) is 4.21. The molecule has 0 bridgehead atoms. The number of nitrogens with zero attached hydrogens (tertiary/aromatic N) is 1. The molecule has 84 valence electrons. The van der Waals surface area contributed by atoms with E-state index in [4.69, 9.17) is 0 Å². The minimum atomic E-state index is 0.625. The van der Waals surface area contributed by atoms with Crippen molar-refractivity contribution in [1.82, 2.24) is 4.90 Å². The molecule has 2 heterocycles. The Bertz CT molecular complexity index is 308. The van der Waals surface area contributed by atoms with E-state index in [-0.39, 0.29) is 0 Å². The molecule has 1 aromatic heterocycles. The highest BCUT2D eigenvalue weighted by Gasteiger charge is 2.23. The van der Waals surface area contributed by atoms with Crippen LogP contribution in [0.2, 0.25) is 0 Å². The van der Waals surface area contributed by atoms with E-state index in [0.29, 0.717) is 6.04 Å². The first-order valence-electron chi connectivity index (χ1n) is 5.74. The largest absolute Gasteiger partial charge is 0.296 e. The first-order chi connectivity index (χ1) is 7.33. The molecule has 0 saturated heterocycles. The van der Waals surface area contributed by atoms with Crippen molar-refractivity contribution in [3.63, 3.8) is 0 Å². The summed E-state index contributed by atoms with van der Waals surface area (Å²) >= 11 is 6.18. The highest BCUT2D eigenvalue weighted by molar-refractivity contribution is 7.80. The van der Waals surface area contributed by atoms with Crippen molar-refractivity contribution in [1.29, 1.82) is 0 Å². The van der Waals surface area contributed by atoms with Gasteiger partial charge in [-0.1, -0.05) is 0 Å². The first kappa shape index (κ1) is 11.5. The Labute approximate surface area is 102 Å². The maximum Gasteiger partial charge on any atom is 0.0331 e. The van der Waals surface area contributed by atoms with Gasteiger partial charge in [0.15, 0.2) is 0 Å². The number of rotatable bonds is 4. The lowest BCUT2D eigenvalue weighted by Crippen LogP contribution is -2.33. The Kier molecular flexibility index (Phi) is 4.12. The summed E-state index contributed by atoms with van der Waals surface area (Å²) in [5, 5.41) is 2.23. The van der Waals surface area contributed by atoms with Crippen LogP contribution in [0.25, 0.3) is 0 Å². The summed E-state index contributed by atoms with van der Waals surface area (Å²) in [5.41, 5.74) is 1.57. The molecule has 2 rings (SSSR count). The maximum absolute atomic E-state index is 4.26. The van der Waals surface area contributed by atoms with Crippen LogP contribution >= 0.6 is 24.0 Å². The van der Waals surface area contributed by atoms with E-state index >= 15 is 0 Å². The van der Waals surface area contributed by atoms with Gasteiger partial charge in [0.05, 0.1) is 0 Å². The summed E-state index contributed by atoms with van der Waals surface area (Å²) in [6.45, 7) is 4.81. The van der Waals surface area contributed by atoms with Crippen LogP contribution in [0.1, 0.15) is 36.2 Å². The number of fused-ring (bicyclic) bond motifs is 1. The van der Waals surface area contributed by atoms with Crippen molar-refractivity contribution in [2.24, 2.45) is 0 Å². The van der Waals surface area contributed by atoms with Crippen LogP contribution in [0.15, 0.2) is 11.4 Å². The van der Waals surface area contributed by atoms with Crippen molar-refractivity contribution in [3.8, 4) is 0 Å². The lowest BCUT2D eigenvalue weighted by molar-refractivity contribution is 0.197. The highest BCUT2D eigenvalue weighted by Crippen LogP contribution is 2.32. The smallest absolute Gasteiger partial charge is 0.0331 e. The molecule has 0 N–H and O–H groups in total. The standard InChI is InChI=1S/C12H19NS2/c1-10-11-5-9-15-12(11)4-7-13(10)6-2-3-8-14/h5,9-10,14H,2-4,6-8H2,1H3. The quantitative estimate of drug-likeness (QED) is 0.625. The highest BCUT2D eigenvalue weighted by atomic mass is 32.1. The lowest BCUT2D eigenvalue weighted by atomic mass is 10.0. The van der Waals surface area contributed by atoms with E-state index in [1.807, 2.05) is 11.3 Å². The molecule has 1 unspecified atom stereocenters. The van der Waals surface area contributed by atoms with E-state index < -0.39 is 0 Å². The van der Waals surface area contributed by atoms with Crippen molar-refractivity contribution >= 4 is 24.0 Å². The van der Waals surface area contributed by atoms with Crippen LogP contribution in [0.3, 0.4) is 0 Å². The van der Waals surface area contributed by atoms with E-state index in [2.05, 4.69) is 35.9 Å². The van der Waals surface area contributed by atoms with Gasteiger partial charge in [-0.25, -0.2) is 0 Å². The molecule has 0 aromatic carbocycles. The van der Waals surface area contributed by atoms with Crippen LogP contribution < -0.4 is 0 Å². The SMILES string of the molecule is CC1c2ccsc2CCN1CCCCS. The molecular formula is C12H19NS2. The fraction of sp³-hybridized carbons (Fsp3) is 0.667. The van der Waals surface area contributed by atoms with Gasteiger partial charge in [0, 0.05) is 17.5 Å². The second-order valence-corrected chi connectivity index (χ2v) is 5.64. The molecule has 0 amide bonds. The summed E-state index contributed by atoms with van der Waals surface area (Å²) in [6, 6.07) is 2.93. The zero-order valence-corrected chi connectivity index (χ0v) is 11.0. The van der Waals surface area contributed by atoms with E-state index in [1.54, 1.807) is 10.4 Å². The number of unbranched alkanes of at least 4 members (excludes halogenated alkanes) is 1. The molecule has 1 nitrogen and oxygen atoms in total. The lowest BCUT2D eigenvalue weighted by Gasteiger charge is -2.33. The number of thiol groups is 1. The van der Waals surface area contributed by atoms with Gasteiger partial charge in [0.1, 0.15) is 0 Å². The summed E-state index contributed by atoms with van der Waals surface area (Å²) in [5.74, 6) is 1.02. The Morgan fingerprint density at radius 1 is 1.53 bits per heavy atom. The van der Waals surface area contributed by atoms with Gasteiger partial charge in [0.2, 0.25) is 0 Å². The van der Waals surface area contributed by atoms with Gasteiger partial charge in [-0.2, -0.15) is 12.6 Å². The summed E-state index contributed by atoms with van der Waals surface area (Å²) in [6.07, 6.45) is 3.77. The molecule has 1 aliphatic rings. The second kappa shape index (κ2) is 5.37. The molecule has 0 fully saturated rings. The van der Waals surface area contributed by atoms with E-state index in [1.165, 1.54) is 32.4 Å². The van der Waals surface area contributed by atoms with Crippen molar-refractivity contribution < 1.29 is 0 Å². The maximum atomic E-state index is 4.26. The Balaban J connectivity index is 1.94. The zero-order valence-electron chi connectivity index (χ0n) is 9.28. The van der Waals surface area contributed by atoms with Gasteiger partial charge >= 0.3 is 0 Å². The molecule has 15 heavy (non-hydrogen) atoms.